The van der Waals surface area contributed by atoms with E-state index in [0.717, 1.165) is 6.92 Å². The van der Waals surface area contributed by atoms with Crippen molar-refractivity contribution in [3.63, 3.8) is 0 Å². The monoisotopic (exact) mass is 204 g/mol. The van der Waals surface area contributed by atoms with Gasteiger partial charge in [0.05, 0.1) is 6.61 Å². The second kappa shape index (κ2) is 7.90. The van der Waals surface area contributed by atoms with Gasteiger partial charge in [-0.1, -0.05) is 0 Å². The predicted octanol–water partition coefficient (Wildman–Crippen LogP) is -0.202. The van der Waals surface area contributed by atoms with E-state index in [0.29, 0.717) is 0 Å². The van der Waals surface area contributed by atoms with Crippen LogP contribution in [0.2, 0.25) is 0 Å². The first-order valence-electron chi connectivity index (χ1n) is 3.74. The summed E-state index contributed by atoms with van der Waals surface area (Å²) >= 11 is 0. The van der Waals surface area contributed by atoms with Crippen LogP contribution in [0.4, 0.5) is 0 Å². The van der Waals surface area contributed by atoms with Gasteiger partial charge in [0.15, 0.2) is 0 Å². The zero-order chi connectivity index (χ0) is 11.7. The van der Waals surface area contributed by atoms with Crippen LogP contribution in [0.1, 0.15) is 20.8 Å². The number of carboxylic acids is 1. The molecule has 0 aliphatic carbocycles. The van der Waals surface area contributed by atoms with Crippen LogP contribution in [-0.2, 0) is 23.9 Å². The molecule has 0 aliphatic heterocycles. The molecule has 80 valence electrons. The van der Waals surface area contributed by atoms with Crippen LogP contribution >= 0.6 is 0 Å². The number of carbonyl (C=O) groups is 4. The van der Waals surface area contributed by atoms with E-state index in [1.54, 1.807) is 6.92 Å². The van der Waals surface area contributed by atoms with Crippen molar-refractivity contribution in [2.24, 2.45) is 0 Å². The van der Waals surface area contributed by atoms with Gasteiger partial charge < -0.3 is 9.84 Å². The number of ether oxygens (including phenoxy) is 1. The lowest BCUT2D eigenvalue weighted by molar-refractivity contribution is -0.152. The number of hydrogen-bond acceptors (Lipinski definition) is 5. The van der Waals surface area contributed by atoms with E-state index in [1.165, 1.54) is 6.92 Å². The Kier molecular flexibility index (Phi) is 8.35. The third kappa shape index (κ3) is 10.3. The van der Waals surface area contributed by atoms with Gasteiger partial charge in [0.1, 0.15) is 0 Å². The van der Waals surface area contributed by atoms with Crippen LogP contribution in [0.5, 0.6) is 0 Å². The second-order valence-corrected chi connectivity index (χ2v) is 2.14. The minimum Gasteiger partial charge on any atom is -0.476 e. The first kappa shape index (κ1) is 14.8. The lowest BCUT2D eigenvalue weighted by Gasteiger charge is -1.93. The van der Waals surface area contributed by atoms with Crippen molar-refractivity contribution < 1.29 is 29.0 Å². The summed E-state index contributed by atoms with van der Waals surface area (Å²) in [5.74, 6) is -3.51. The average molecular weight is 204 g/mol. The van der Waals surface area contributed by atoms with Gasteiger partial charge in [0.2, 0.25) is 11.6 Å². The maximum Gasteiger partial charge on any atom is 0.374 e. The summed E-state index contributed by atoms with van der Waals surface area (Å²) in [5, 5.41) is 7.64. The van der Waals surface area contributed by atoms with E-state index in [1.807, 2.05) is 0 Å². The number of Topliss-reactive ketones (excluding diaryl/α,β-unsaturated/α-hetero) is 2. The number of rotatable bonds is 3. The molecule has 0 atom stereocenters. The fourth-order valence-corrected chi connectivity index (χ4v) is 0.233. The Bertz CT molecular complexity index is 230. The van der Waals surface area contributed by atoms with Crippen molar-refractivity contribution >= 4 is 23.5 Å². The Morgan fingerprint density at radius 3 is 1.50 bits per heavy atom. The molecule has 1 N–H and O–H groups in total. The normalized spacial score (nSPS) is 7.93. The number of carbonyl (C=O) groups excluding carboxylic acids is 3. The van der Waals surface area contributed by atoms with E-state index in [9.17, 15) is 19.2 Å². The van der Waals surface area contributed by atoms with E-state index >= 15 is 0 Å². The Morgan fingerprint density at radius 2 is 1.43 bits per heavy atom. The van der Waals surface area contributed by atoms with Crippen LogP contribution in [-0.4, -0.2) is 35.2 Å². The Morgan fingerprint density at radius 1 is 1.07 bits per heavy atom. The molecule has 0 spiro atoms. The summed E-state index contributed by atoms with van der Waals surface area (Å²) in [7, 11) is 0. The molecule has 0 bridgehead atoms. The predicted molar refractivity (Wildman–Crippen MR) is 45.6 cm³/mol. The molecule has 0 aromatic rings. The second-order valence-electron chi connectivity index (χ2n) is 2.14. The van der Waals surface area contributed by atoms with Crippen LogP contribution < -0.4 is 0 Å². The minimum absolute atomic E-state index is 0.262. The van der Waals surface area contributed by atoms with Gasteiger partial charge in [0, 0.05) is 13.8 Å². The fraction of sp³-hybridized carbons (Fsp3) is 0.500. The quantitative estimate of drug-likeness (QED) is 0.505. The van der Waals surface area contributed by atoms with E-state index in [4.69, 9.17) is 5.11 Å². The molecule has 0 aromatic carbocycles. The topological polar surface area (TPSA) is 97.7 Å². The molecule has 6 nitrogen and oxygen atoms in total. The molecule has 0 radical (unpaired) electrons. The highest BCUT2D eigenvalue weighted by atomic mass is 16.5. The zero-order valence-electron chi connectivity index (χ0n) is 8.20. The largest absolute Gasteiger partial charge is 0.476 e. The first-order chi connectivity index (χ1) is 6.32. The zero-order valence-corrected chi connectivity index (χ0v) is 8.20. The van der Waals surface area contributed by atoms with E-state index < -0.39 is 23.5 Å². The SMILES string of the molecule is CC(=O)C(=O)O.CCOC(=O)C(C)=O. The number of hydrogen-bond donors (Lipinski definition) is 1. The molecule has 0 fully saturated rings. The molecule has 0 unspecified atom stereocenters. The highest BCUT2D eigenvalue weighted by Gasteiger charge is 2.05. The van der Waals surface area contributed by atoms with Gasteiger partial charge in [-0.15, -0.1) is 0 Å². The smallest absolute Gasteiger partial charge is 0.374 e. The summed E-state index contributed by atoms with van der Waals surface area (Å²) in [6, 6.07) is 0. The molecule has 0 amide bonds. The van der Waals surface area contributed by atoms with Gasteiger partial charge in [-0.05, 0) is 6.92 Å². The summed E-state index contributed by atoms with van der Waals surface area (Å²) in [6.45, 7) is 4.10. The van der Waals surface area contributed by atoms with E-state index in [2.05, 4.69) is 4.74 Å². The standard InChI is InChI=1S/C5H8O3.C3H4O3/c1-3-8-5(7)4(2)6;1-2(4)3(5)6/h3H2,1-2H3;1H3,(H,5,6). The van der Waals surface area contributed by atoms with Crippen molar-refractivity contribution in [2.75, 3.05) is 6.61 Å². The first-order valence-corrected chi connectivity index (χ1v) is 3.74. The van der Waals surface area contributed by atoms with Gasteiger partial charge in [0.25, 0.3) is 0 Å². The fourth-order valence-electron chi connectivity index (χ4n) is 0.233. The summed E-state index contributed by atoms with van der Waals surface area (Å²) in [4.78, 5) is 39.1. The van der Waals surface area contributed by atoms with E-state index in [-0.39, 0.29) is 6.61 Å². The Balaban J connectivity index is 0. The van der Waals surface area contributed by atoms with Gasteiger partial charge in [-0.25, -0.2) is 9.59 Å². The summed E-state index contributed by atoms with van der Waals surface area (Å²) in [5.41, 5.74) is 0. The average Bonchev–Trinajstić information content (AvgIpc) is 2.05. The lowest BCUT2D eigenvalue weighted by atomic mass is 10.5. The number of esters is 1. The number of aliphatic carboxylic acids is 1. The van der Waals surface area contributed by atoms with Gasteiger partial charge in [-0.2, -0.15) is 0 Å². The van der Waals surface area contributed by atoms with Crippen molar-refractivity contribution in [3.05, 3.63) is 0 Å². The minimum atomic E-state index is -1.38. The molecule has 0 rings (SSSR count). The molecule has 14 heavy (non-hydrogen) atoms. The van der Waals surface area contributed by atoms with Gasteiger partial charge >= 0.3 is 11.9 Å². The van der Waals surface area contributed by atoms with Crippen molar-refractivity contribution in [2.45, 2.75) is 20.8 Å². The lowest BCUT2D eigenvalue weighted by Crippen LogP contribution is -2.12. The molecule has 0 aromatic heterocycles. The van der Waals surface area contributed by atoms with Crippen LogP contribution in [0.25, 0.3) is 0 Å². The van der Waals surface area contributed by atoms with Crippen LogP contribution in [0.15, 0.2) is 0 Å². The molecular formula is C8H12O6. The molecule has 0 heterocycles. The number of carboxylic acid groups (broad SMARTS) is 1. The molecule has 0 saturated heterocycles. The Labute approximate surface area is 80.9 Å². The highest BCUT2D eigenvalue weighted by Crippen LogP contribution is 1.77. The maximum absolute atomic E-state index is 10.2. The van der Waals surface area contributed by atoms with Crippen molar-refractivity contribution in [1.29, 1.82) is 0 Å². The van der Waals surface area contributed by atoms with Crippen LogP contribution in [0, 0.1) is 0 Å². The third-order valence-corrected chi connectivity index (χ3v) is 0.864. The molecule has 0 aliphatic rings. The summed E-state index contributed by atoms with van der Waals surface area (Å²) in [6.07, 6.45) is 0. The molecular weight excluding hydrogens is 192 g/mol. The van der Waals surface area contributed by atoms with Gasteiger partial charge in [-0.3, -0.25) is 9.59 Å². The molecule has 6 heteroatoms. The Hall–Kier alpha value is -1.72. The number of ketones is 2. The molecule has 0 saturated carbocycles. The third-order valence-electron chi connectivity index (χ3n) is 0.864. The van der Waals surface area contributed by atoms with Crippen LogP contribution in [0.3, 0.4) is 0 Å². The van der Waals surface area contributed by atoms with Crippen molar-refractivity contribution in [3.8, 4) is 0 Å². The maximum atomic E-state index is 10.2. The summed E-state index contributed by atoms with van der Waals surface area (Å²) < 4.78 is 4.31. The highest BCUT2D eigenvalue weighted by molar-refractivity contribution is 6.32. The van der Waals surface area contributed by atoms with Crippen molar-refractivity contribution in [1.82, 2.24) is 0 Å².